The maximum Gasteiger partial charge on any atom is 0.259 e. The third-order valence-electron chi connectivity index (χ3n) is 3.51. The Balaban J connectivity index is 2.15. The average Bonchev–Trinajstić information content (AvgIpc) is 2.72. The number of amides is 1. The zero-order chi connectivity index (χ0) is 13.4. The van der Waals surface area contributed by atoms with Gasteiger partial charge in [0.05, 0.1) is 6.04 Å². The third kappa shape index (κ3) is 1.76. The van der Waals surface area contributed by atoms with Crippen LogP contribution in [0.1, 0.15) is 27.5 Å². The SMILES string of the molecule is C=CC1c2ccc(C)cc2C(=O)N1c1ccccc1. The van der Waals surface area contributed by atoms with Gasteiger partial charge in [-0.25, -0.2) is 0 Å². The zero-order valence-corrected chi connectivity index (χ0v) is 10.8. The Morgan fingerprint density at radius 2 is 1.89 bits per heavy atom. The van der Waals surface area contributed by atoms with E-state index in [9.17, 15) is 4.79 Å². The number of rotatable bonds is 2. The first kappa shape index (κ1) is 11.7. The van der Waals surface area contributed by atoms with Gasteiger partial charge in [-0.1, -0.05) is 42.0 Å². The molecule has 1 aliphatic rings. The first-order valence-corrected chi connectivity index (χ1v) is 6.34. The summed E-state index contributed by atoms with van der Waals surface area (Å²) in [7, 11) is 0. The first-order valence-electron chi connectivity index (χ1n) is 6.34. The summed E-state index contributed by atoms with van der Waals surface area (Å²) < 4.78 is 0. The quantitative estimate of drug-likeness (QED) is 0.739. The molecule has 0 spiro atoms. The molecule has 1 aliphatic heterocycles. The summed E-state index contributed by atoms with van der Waals surface area (Å²) in [5.41, 5.74) is 3.83. The molecule has 1 heterocycles. The molecule has 0 saturated heterocycles. The van der Waals surface area contributed by atoms with Crippen molar-refractivity contribution in [1.29, 1.82) is 0 Å². The lowest BCUT2D eigenvalue weighted by molar-refractivity contribution is 0.0994. The van der Waals surface area contributed by atoms with Gasteiger partial charge in [0.25, 0.3) is 5.91 Å². The number of hydrogen-bond donors (Lipinski definition) is 0. The van der Waals surface area contributed by atoms with Crippen LogP contribution < -0.4 is 4.90 Å². The summed E-state index contributed by atoms with van der Waals surface area (Å²) in [5, 5.41) is 0. The van der Waals surface area contributed by atoms with Gasteiger partial charge < -0.3 is 0 Å². The minimum Gasteiger partial charge on any atom is -0.297 e. The molecule has 1 amide bonds. The molecular weight excluding hydrogens is 234 g/mol. The summed E-state index contributed by atoms with van der Waals surface area (Å²) in [6.07, 6.45) is 1.83. The topological polar surface area (TPSA) is 20.3 Å². The van der Waals surface area contributed by atoms with Crippen molar-refractivity contribution in [3.05, 3.63) is 77.9 Å². The van der Waals surface area contributed by atoms with Crippen LogP contribution in [0.2, 0.25) is 0 Å². The standard InChI is InChI=1S/C17H15NO/c1-3-16-14-10-9-12(2)11-15(14)17(19)18(16)13-7-5-4-6-8-13/h3-11,16H,1H2,2H3. The Kier molecular flexibility index (Phi) is 2.71. The largest absolute Gasteiger partial charge is 0.297 e. The summed E-state index contributed by atoms with van der Waals surface area (Å²) in [5.74, 6) is 0.0507. The molecule has 2 nitrogen and oxygen atoms in total. The Hall–Kier alpha value is -2.35. The fraction of sp³-hybridized carbons (Fsp3) is 0.118. The molecule has 0 aromatic heterocycles. The fourth-order valence-electron chi connectivity index (χ4n) is 2.61. The van der Waals surface area contributed by atoms with E-state index in [0.717, 1.165) is 22.4 Å². The Bertz CT molecular complexity index is 646. The first-order chi connectivity index (χ1) is 9.22. The number of hydrogen-bond acceptors (Lipinski definition) is 1. The number of fused-ring (bicyclic) bond motifs is 1. The summed E-state index contributed by atoms with van der Waals surface area (Å²) in [6.45, 7) is 5.88. The number of carbonyl (C=O) groups excluding carboxylic acids is 1. The van der Waals surface area contributed by atoms with E-state index < -0.39 is 0 Å². The number of para-hydroxylation sites is 1. The molecule has 2 aromatic rings. The second-order valence-electron chi connectivity index (χ2n) is 4.78. The number of benzene rings is 2. The molecule has 1 atom stereocenters. The van der Waals surface area contributed by atoms with Gasteiger partial charge in [-0.2, -0.15) is 0 Å². The molecule has 0 N–H and O–H groups in total. The summed E-state index contributed by atoms with van der Waals surface area (Å²) >= 11 is 0. The van der Waals surface area contributed by atoms with Crippen LogP contribution in [-0.2, 0) is 0 Å². The molecule has 1 unspecified atom stereocenters. The van der Waals surface area contributed by atoms with Crippen molar-refractivity contribution in [2.45, 2.75) is 13.0 Å². The van der Waals surface area contributed by atoms with Gasteiger partial charge in [-0.05, 0) is 30.7 Å². The van der Waals surface area contributed by atoms with Crippen LogP contribution in [-0.4, -0.2) is 5.91 Å². The van der Waals surface area contributed by atoms with E-state index in [4.69, 9.17) is 0 Å². The van der Waals surface area contributed by atoms with E-state index in [1.165, 1.54) is 0 Å². The van der Waals surface area contributed by atoms with E-state index in [-0.39, 0.29) is 11.9 Å². The molecule has 19 heavy (non-hydrogen) atoms. The van der Waals surface area contributed by atoms with Crippen LogP contribution in [0.15, 0.2) is 61.2 Å². The molecule has 0 saturated carbocycles. The Labute approximate surface area is 113 Å². The normalized spacial score (nSPS) is 17.4. The van der Waals surface area contributed by atoms with Crippen LogP contribution in [0.25, 0.3) is 0 Å². The molecule has 2 heteroatoms. The lowest BCUT2D eigenvalue weighted by Crippen LogP contribution is -2.26. The third-order valence-corrected chi connectivity index (χ3v) is 3.51. The van der Waals surface area contributed by atoms with E-state index in [0.29, 0.717) is 0 Å². The van der Waals surface area contributed by atoms with Crippen molar-refractivity contribution in [2.75, 3.05) is 4.90 Å². The van der Waals surface area contributed by atoms with Crippen LogP contribution in [0.3, 0.4) is 0 Å². The van der Waals surface area contributed by atoms with Crippen molar-refractivity contribution in [3.63, 3.8) is 0 Å². The minimum absolute atomic E-state index is 0.0507. The number of nitrogens with zero attached hydrogens (tertiary/aromatic N) is 1. The number of carbonyl (C=O) groups is 1. The number of aryl methyl sites for hydroxylation is 1. The van der Waals surface area contributed by atoms with E-state index in [1.807, 2.05) is 61.5 Å². The second-order valence-corrected chi connectivity index (χ2v) is 4.78. The maximum absolute atomic E-state index is 12.6. The smallest absolute Gasteiger partial charge is 0.259 e. The van der Waals surface area contributed by atoms with Gasteiger partial charge in [0.1, 0.15) is 0 Å². The maximum atomic E-state index is 12.6. The zero-order valence-electron chi connectivity index (χ0n) is 10.8. The lowest BCUT2D eigenvalue weighted by atomic mass is 10.0. The number of anilines is 1. The van der Waals surface area contributed by atoms with Crippen LogP contribution >= 0.6 is 0 Å². The van der Waals surface area contributed by atoms with E-state index in [2.05, 4.69) is 6.58 Å². The molecule has 0 fully saturated rings. The van der Waals surface area contributed by atoms with Gasteiger partial charge in [-0.3, -0.25) is 9.69 Å². The van der Waals surface area contributed by atoms with Gasteiger partial charge in [0, 0.05) is 11.3 Å². The van der Waals surface area contributed by atoms with Crippen molar-refractivity contribution in [3.8, 4) is 0 Å². The highest BCUT2D eigenvalue weighted by Gasteiger charge is 2.35. The molecule has 3 rings (SSSR count). The Morgan fingerprint density at radius 1 is 1.16 bits per heavy atom. The molecule has 2 aromatic carbocycles. The Morgan fingerprint density at radius 3 is 2.58 bits per heavy atom. The predicted octanol–water partition coefficient (Wildman–Crippen LogP) is 3.88. The van der Waals surface area contributed by atoms with Crippen LogP contribution in [0, 0.1) is 6.92 Å². The molecule has 0 radical (unpaired) electrons. The highest BCUT2D eigenvalue weighted by Crippen LogP contribution is 2.38. The van der Waals surface area contributed by atoms with Crippen LogP contribution in [0.4, 0.5) is 5.69 Å². The monoisotopic (exact) mass is 249 g/mol. The van der Waals surface area contributed by atoms with Gasteiger partial charge in [0.15, 0.2) is 0 Å². The molecule has 0 aliphatic carbocycles. The molecular formula is C17H15NO. The predicted molar refractivity (Wildman–Crippen MR) is 77.4 cm³/mol. The van der Waals surface area contributed by atoms with Crippen molar-refractivity contribution >= 4 is 11.6 Å². The summed E-state index contributed by atoms with van der Waals surface area (Å²) in [6, 6.07) is 15.7. The minimum atomic E-state index is -0.0782. The van der Waals surface area contributed by atoms with E-state index >= 15 is 0 Å². The highest BCUT2D eigenvalue weighted by atomic mass is 16.2. The van der Waals surface area contributed by atoms with Gasteiger partial charge in [0.2, 0.25) is 0 Å². The van der Waals surface area contributed by atoms with Crippen molar-refractivity contribution in [1.82, 2.24) is 0 Å². The van der Waals surface area contributed by atoms with Crippen molar-refractivity contribution < 1.29 is 4.79 Å². The summed E-state index contributed by atoms with van der Waals surface area (Å²) in [4.78, 5) is 14.4. The van der Waals surface area contributed by atoms with E-state index in [1.54, 1.807) is 4.90 Å². The lowest BCUT2D eigenvalue weighted by Gasteiger charge is -2.22. The molecule has 94 valence electrons. The van der Waals surface area contributed by atoms with Gasteiger partial charge >= 0.3 is 0 Å². The highest BCUT2D eigenvalue weighted by molar-refractivity contribution is 6.11. The van der Waals surface area contributed by atoms with Crippen LogP contribution in [0.5, 0.6) is 0 Å². The fourth-order valence-corrected chi connectivity index (χ4v) is 2.61. The molecule has 0 bridgehead atoms. The van der Waals surface area contributed by atoms with Crippen molar-refractivity contribution in [2.24, 2.45) is 0 Å². The second kappa shape index (κ2) is 4.39. The average molecular weight is 249 g/mol. The van der Waals surface area contributed by atoms with Gasteiger partial charge in [-0.15, -0.1) is 6.58 Å².